The number of amides is 1. The zero-order valence-corrected chi connectivity index (χ0v) is 16.0. The number of hydrogen-bond acceptors (Lipinski definition) is 4. The van der Waals surface area contributed by atoms with E-state index in [0.717, 1.165) is 5.56 Å². The molecule has 1 atom stereocenters. The fourth-order valence-corrected chi connectivity index (χ4v) is 2.92. The smallest absolute Gasteiger partial charge is 0.339 e. The van der Waals surface area contributed by atoms with E-state index in [1.807, 2.05) is 43.3 Å². The van der Waals surface area contributed by atoms with Crippen LogP contribution in [0.4, 0.5) is 0 Å². The molecule has 0 saturated heterocycles. The summed E-state index contributed by atoms with van der Waals surface area (Å²) in [5, 5.41) is 2.78. The standard InChI is InChI=1S/C24H21NO4/c1-17(18-10-4-2-5-11-18)25-22(26)16-29-24(28)21-15-9-8-14-20(21)23(27)19-12-6-3-7-13-19/h2-15,17H,16H2,1H3,(H,25,26)/t17-/m0/s1. The molecule has 1 amide bonds. The predicted molar refractivity (Wildman–Crippen MR) is 110 cm³/mol. The molecule has 5 nitrogen and oxygen atoms in total. The Morgan fingerprint density at radius 2 is 1.34 bits per heavy atom. The minimum Gasteiger partial charge on any atom is -0.452 e. The predicted octanol–water partition coefficient (Wildman–Crippen LogP) is 3.95. The second-order valence-electron chi connectivity index (χ2n) is 6.52. The minimum atomic E-state index is -0.715. The van der Waals surface area contributed by atoms with Gasteiger partial charge in [-0.05, 0) is 18.6 Å². The highest BCUT2D eigenvalue weighted by Crippen LogP contribution is 2.16. The minimum absolute atomic E-state index is 0.130. The van der Waals surface area contributed by atoms with E-state index in [2.05, 4.69) is 5.32 Å². The second kappa shape index (κ2) is 9.46. The second-order valence-corrected chi connectivity index (χ2v) is 6.52. The van der Waals surface area contributed by atoms with Crippen molar-refractivity contribution in [1.82, 2.24) is 5.32 Å². The third kappa shape index (κ3) is 5.17. The lowest BCUT2D eigenvalue weighted by molar-refractivity contribution is -0.124. The Bertz CT molecular complexity index is 1000. The first-order valence-corrected chi connectivity index (χ1v) is 9.26. The van der Waals surface area contributed by atoms with Crippen LogP contribution in [0, 0.1) is 0 Å². The van der Waals surface area contributed by atoms with Gasteiger partial charge in [0, 0.05) is 11.1 Å². The van der Waals surface area contributed by atoms with Crippen molar-refractivity contribution < 1.29 is 19.1 Å². The Labute approximate surface area is 169 Å². The molecule has 146 valence electrons. The van der Waals surface area contributed by atoms with E-state index in [1.54, 1.807) is 42.5 Å². The van der Waals surface area contributed by atoms with Gasteiger partial charge >= 0.3 is 5.97 Å². The highest BCUT2D eigenvalue weighted by Gasteiger charge is 2.20. The van der Waals surface area contributed by atoms with E-state index in [1.165, 1.54) is 6.07 Å². The van der Waals surface area contributed by atoms with E-state index in [9.17, 15) is 14.4 Å². The molecule has 0 aromatic heterocycles. The molecule has 3 rings (SSSR count). The molecule has 3 aromatic rings. The number of ketones is 1. The molecule has 0 aliphatic heterocycles. The Morgan fingerprint density at radius 1 is 0.793 bits per heavy atom. The number of carbonyl (C=O) groups excluding carboxylic acids is 3. The molecule has 0 spiro atoms. The number of rotatable bonds is 7. The molecule has 29 heavy (non-hydrogen) atoms. The van der Waals surface area contributed by atoms with Gasteiger partial charge in [0.2, 0.25) is 0 Å². The van der Waals surface area contributed by atoms with E-state index in [-0.39, 0.29) is 23.0 Å². The van der Waals surface area contributed by atoms with Crippen molar-refractivity contribution in [3.8, 4) is 0 Å². The first-order valence-electron chi connectivity index (χ1n) is 9.26. The average Bonchev–Trinajstić information content (AvgIpc) is 2.78. The van der Waals surface area contributed by atoms with Crippen LogP contribution >= 0.6 is 0 Å². The van der Waals surface area contributed by atoms with Gasteiger partial charge in [-0.3, -0.25) is 9.59 Å². The highest BCUT2D eigenvalue weighted by molar-refractivity contribution is 6.14. The van der Waals surface area contributed by atoms with Crippen LogP contribution in [-0.4, -0.2) is 24.3 Å². The Morgan fingerprint density at radius 3 is 2.00 bits per heavy atom. The van der Waals surface area contributed by atoms with E-state index in [0.29, 0.717) is 5.56 Å². The maximum Gasteiger partial charge on any atom is 0.339 e. The Balaban J connectivity index is 1.64. The molecule has 0 fully saturated rings. The first kappa shape index (κ1) is 20.0. The van der Waals surface area contributed by atoms with Crippen molar-refractivity contribution in [2.45, 2.75) is 13.0 Å². The van der Waals surface area contributed by atoms with Gasteiger partial charge in [-0.1, -0.05) is 78.9 Å². The van der Waals surface area contributed by atoms with Crippen molar-refractivity contribution >= 4 is 17.7 Å². The summed E-state index contributed by atoms with van der Waals surface area (Å²) in [6.07, 6.45) is 0. The molecule has 0 radical (unpaired) electrons. The van der Waals surface area contributed by atoms with Crippen LogP contribution in [0.15, 0.2) is 84.9 Å². The van der Waals surface area contributed by atoms with Gasteiger partial charge in [0.1, 0.15) is 0 Å². The number of carbonyl (C=O) groups is 3. The summed E-state index contributed by atoms with van der Waals surface area (Å²) < 4.78 is 5.15. The molecule has 0 heterocycles. The van der Waals surface area contributed by atoms with Gasteiger partial charge < -0.3 is 10.1 Å². The SMILES string of the molecule is C[C@H](NC(=O)COC(=O)c1ccccc1C(=O)c1ccccc1)c1ccccc1. The van der Waals surface area contributed by atoms with Crippen molar-refractivity contribution in [2.24, 2.45) is 0 Å². The molecule has 0 bridgehead atoms. The largest absolute Gasteiger partial charge is 0.452 e. The van der Waals surface area contributed by atoms with Crippen LogP contribution in [0.3, 0.4) is 0 Å². The van der Waals surface area contributed by atoms with Crippen LogP contribution < -0.4 is 5.32 Å². The van der Waals surface area contributed by atoms with Gasteiger partial charge in [0.15, 0.2) is 12.4 Å². The van der Waals surface area contributed by atoms with Gasteiger partial charge in [-0.15, -0.1) is 0 Å². The number of nitrogens with one attached hydrogen (secondary N) is 1. The summed E-state index contributed by atoms with van der Waals surface area (Å²) in [6.45, 7) is 1.42. The molecular formula is C24H21NO4. The number of ether oxygens (including phenoxy) is 1. The maximum atomic E-state index is 12.7. The average molecular weight is 387 g/mol. The van der Waals surface area contributed by atoms with E-state index >= 15 is 0 Å². The van der Waals surface area contributed by atoms with Gasteiger partial charge in [0.05, 0.1) is 11.6 Å². The molecule has 0 saturated carbocycles. The van der Waals surface area contributed by atoms with Crippen LogP contribution in [0.5, 0.6) is 0 Å². The summed E-state index contributed by atoms with van der Waals surface area (Å²) in [6, 6.07) is 24.4. The first-order chi connectivity index (χ1) is 14.1. The summed E-state index contributed by atoms with van der Waals surface area (Å²) >= 11 is 0. The third-order valence-corrected chi connectivity index (χ3v) is 4.44. The molecule has 0 unspecified atom stereocenters. The van der Waals surface area contributed by atoms with E-state index < -0.39 is 18.5 Å². The Hall–Kier alpha value is -3.73. The molecule has 5 heteroatoms. The lowest BCUT2D eigenvalue weighted by Gasteiger charge is -2.14. The summed E-state index contributed by atoms with van der Waals surface area (Å²) in [7, 11) is 0. The number of benzene rings is 3. The van der Waals surface area contributed by atoms with Crippen molar-refractivity contribution in [3.63, 3.8) is 0 Å². The van der Waals surface area contributed by atoms with Gasteiger partial charge in [-0.25, -0.2) is 4.79 Å². The molecular weight excluding hydrogens is 366 g/mol. The molecule has 1 N–H and O–H groups in total. The fraction of sp³-hybridized carbons (Fsp3) is 0.125. The molecule has 3 aromatic carbocycles. The quantitative estimate of drug-likeness (QED) is 0.492. The molecule has 0 aliphatic rings. The summed E-state index contributed by atoms with van der Waals surface area (Å²) in [5.74, 6) is -1.41. The lowest BCUT2D eigenvalue weighted by Crippen LogP contribution is -2.31. The number of esters is 1. The van der Waals surface area contributed by atoms with Crippen LogP contribution in [0.2, 0.25) is 0 Å². The van der Waals surface area contributed by atoms with Crippen LogP contribution in [0.25, 0.3) is 0 Å². The topological polar surface area (TPSA) is 72.5 Å². The summed E-state index contributed by atoms with van der Waals surface area (Å²) in [4.78, 5) is 37.4. The number of hydrogen-bond donors (Lipinski definition) is 1. The van der Waals surface area contributed by atoms with Crippen molar-refractivity contribution in [3.05, 3.63) is 107 Å². The monoisotopic (exact) mass is 387 g/mol. The van der Waals surface area contributed by atoms with Crippen molar-refractivity contribution in [1.29, 1.82) is 0 Å². The maximum absolute atomic E-state index is 12.7. The highest BCUT2D eigenvalue weighted by atomic mass is 16.5. The van der Waals surface area contributed by atoms with Gasteiger partial charge in [0.25, 0.3) is 5.91 Å². The van der Waals surface area contributed by atoms with Crippen molar-refractivity contribution in [2.75, 3.05) is 6.61 Å². The zero-order valence-electron chi connectivity index (χ0n) is 16.0. The fourth-order valence-electron chi connectivity index (χ4n) is 2.92. The Kier molecular flexibility index (Phi) is 6.53. The summed E-state index contributed by atoms with van der Waals surface area (Å²) in [5.41, 5.74) is 1.79. The lowest BCUT2D eigenvalue weighted by atomic mass is 9.98. The van der Waals surface area contributed by atoms with Crippen LogP contribution in [-0.2, 0) is 9.53 Å². The van der Waals surface area contributed by atoms with E-state index in [4.69, 9.17) is 4.74 Å². The molecule has 0 aliphatic carbocycles. The van der Waals surface area contributed by atoms with Gasteiger partial charge in [-0.2, -0.15) is 0 Å². The normalized spacial score (nSPS) is 11.3. The van der Waals surface area contributed by atoms with Crippen LogP contribution in [0.1, 0.15) is 44.8 Å². The third-order valence-electron chi connectivity index (χ3n) is 4.44. The zero-order chi connectivity index (χ0) is 20.6.